The number of fused-ring (bicyclic) bond motifs is 1. The number of rotatable bonds is 7. The molecule has 6 rings (SSSR count). The summed E-state index contributed by atoms with van der Waals surface area (Å²) in [6, 6.07) is 24.2. The van der Waals surface area contributed by atoms with Gasteiger partial charge in [0, 0.05) is 44.2 Å². The summed E-state index contributed by atoms with van der Waals surface area (Å²) in [7, 11) is 0. The van der Waals surface area contributed by atoms with E-state index in [-0.39, 0.29) is 30.5 Å². The monoisotopic (exact) mass is 528 g/mol. The van der Waals surface area contributed by atoms with Crippen molar-refractivity contribution in [3.63, 3.8) is 0 Å². The maximum atomic E-state index is 12.7. The van der Waals surface area contributed by atoms with Gasteiger partial charge in [-0.3, -0.25) is 4.57 Å². The predicted molar refractivity (Wildman–Crippen MR) is 150 cm³/mol. The van der Waals surface area contributed by atoms with Crippen molar-refractivity contribution in [3.8, 4) is 0 Å². The second kappa shape index (κ2) is 11.5. The number of hydrogen-bond donors (Lipinski definition) is 3. The quantitative estimate of drug-likeness (QED) is 0.333. The van der Waals surface area contributed by atoms with E-state index in [4.69, 9.17) is 15.2 Å². The number of ether oxygens (including phenoxy) is 2. The first-order valence-corrected chi connectivity index (χ1v) is 13.8. The summed E-state index contributed by atoms with van der Waals surface area (Å²) < 4.78 is 14.9. The number of likely N-dealkylation sites (tertiary alicyclic amines) is 1. The molecule has 4 aromatic rings. The summed E-state index contributed by atoms with van der Waals surface area (Å²) >= 11 is 0. The average molecular weight is 529 g/mol. The van der Waals surface area contributed by atoms with Gasteiger partial charge >= 0.3 is 5.69 Å². The van der Waals surface area contributed by atoms with Crippen LogP contribution in [-0.2, 0) is 22.6 Å². The Morgan fingerprint density at radius 1 is 0.897 bits per heavy atom. The minimum Gasteiger partial charge on any atom is -0.392 e. The van der Waals surface area contributed by atoms with Gasteiger partial charge < -0.3 is 30.2 Å². The molecule has 3 aromatic carbocycles. The maximum absolute atomic E-state index is 12.7. The minimum atomic E-state index is -0.472. The van der Waals surface area contributed by atoms with E-state index < -0.39 is 6.29 Å². The Balaban J connectivity index is 1.16. The van der Waals surface area contributed by atoms with Crippen LogP contribution in [0.4, 0.5) is 0 Å². The molecular weight excluding hydrogens is 492 g/mol. The molecule has 39 heavy (non-hydrogen) atoms. The number of aliphatic hydroxyl groups is 1. The second-order valence-corrected chi connectivity index (χ2v) is 10.6. The second-order valence-electron chi connectivity index (χ2n) is 10.6. The molecule has 4 N–H and O–H groups in total. The summed E-state index contributed by atoms with van der Waals surface area (Å²) in [5.41, 5.74) is 11.7. The molecule has 8 nitrogen and oxygen atoms in total. The van der Waals surface area contributed by atoms with Gasteiger partial charge in [0.25, 0.3) is 0 Å². The number of H-pyrrole nitrogens is 1. The molecule has 2 fully saturated rings. The number of piperidine rings is 1. The zero-order valence-electron chi connectivity index (χ0n) is 22.0. The van der Waals surface area contributed by atoms with Crippen LogP contribution in [0.3, 0.4) is 0 Å². The Morgan fingerprint density at radius 3 is 2.31 bits per heavy atom. The van der Waals surface area contributed by atoms with Crippen molar-refractivity contribution < 1.29 is 14.6 Å². The summed E-state index contributed by atoms with van der Waals surface area (Å²) in [5.74, 6) is 0. The van der Waals surface area contributed by atoms with Gasteiger partial charge in [-0.05, 0) is 41.7 Å². The number of nitrogens with one attached hydrogen (secondary N) is 1. The standard InChI is InChI=1S/C31H36N4O4/c32-18-21-5-11-24(12-6-21)30-38-26(17-29(39-30)23-9-7-22(20-36)8-10-23)19-34-15-13-25(14-16-34)35-28-4-2-1-3-27(28)33-31(35)37/h1-12,25-26,29-30,36H,13-20,32H2,(H,33,37)/t26-,29+,30+/m1/s1. The minimum absolute atomic E-state index is 0.00665. The number of aliphatic hydroxyl groups excluding tert-OH is 1. The Bertz CT molecular complexity index is 1380. The van der Waals surface area contributed by atoms with Crippen LogP contribution in [0, 0.1) is 0 Å². The van der Waals surface area contributed by atoms with Gasteiger partial charge in [0.05, 0.1) is 29.8 Å². The molecule has 0 unspecified atom stereocenters. The van der Waals surface area contributed by atoms with Gasteiger partial charge in [0.1, 0.15) is 0 Å². The number of benzene rings is 3. The molecule has 8 heteroatoms. The van der Waals surface area contributed by atoms with E-state index in [0.717, 1.165) is 72.2 Å². The summed E-state index contributed by atoms with van der Waals surface area (Å²) in [6.45, 7) is 3.14. The molecule has 3 heterocycles. The fourth-order valence-corrected chi connectivity index (χ4v) is 5.93. The van der Waals surface area contributed by atoms with E-state index in [9.17, 15) is 9.90 Å². The summed E-state index contributed by atoms with van der Waals surface area (Å²) in [6.07, 6.45) is 1.99. The van der Waals surface area contributed by atoms with Crippen LogP contribution in [0.2, 0.25) is 0 Å². The molecule has 3 atom stereocenters. The lowest BCUT2D eigenvalue weighted by Gasteiger charge is -2.40. The van der Waals surface area contributed by atoms with Gasteiger partial charge in [-0.2, -0.15) is 0 Å². The number of aromatic amines is 1. The summed E-state index contributed by atoms with van der Waals surface area (Å²) in [4.78, 5) is 18.1. The molecule has 204 valence electrons. The van der Waals surface area contributed by atoms with Gasteiger partial charge in [0.15, 0.2) is 6.29 Å². The molecule has 2 aliphatic rings. The molecule has 0 spiro atoms. The number of nitrogens with two attached hydrogens (primary N) is 1. The fourth-order valence-electron chi connectivity index (χ4n) is 5.93. The van der Waals surface area contributed by atoms with Crippen molar-refractivity contribution >= 4 is 11.0 Å². The van der Waals surface area contributed by atoms with Crippen LogP contribution in [-0.4, -0.2) is 45.3 Å². The third-order valence-electron chi connectivity index (χ3n) is 8.11. The number of aromatic nitrogens is 2. The number of hydrogen-bond acceptors (Lipinski definition) is 6. The SMILES string of the molecule is NCc1ccc([C@H]2O[C@@H](CN3CCC(n4c(=O)[nH]c5ccccc54)CC3)C[C@@H](c3ccc(CO)cc3)O2)cc1. The van der Waals surface area contributed by atoms with Crippen molar-refractivity contribution in [1.82, 2.24) is 14.5 Å². The largest absolute Gasteiger partial charge is 0.392 e. The number of imidazole rings is 1. The molecule has 0 saturated carbocycles. The maximum Gasteiger partial charge on any atom is 0.326 e. The van der Waals surface area contributed by atoms with E-state index in [1.807, 2.05) is 77.4 Å². The first-order valence-electron chi connectivity index (χ1n) is 13.8. The zero-order chi connectivity index (χ0) is 26.8. The third-order valence-corrected chi connectivity index (χ3v) is 8.11. The van der Waals surface area contributed by atoms with Gasteiger partial charge in [0.2, 0.25) is 0 Å². The van der Waals surface area contributed by atoms with Crippen LogP contribution >= 0.6 is 0 Å². The van der Waals surface area contributed by atoms with E-state index >= 15 is 0 Å². The van der Waals surface area contributed by atoms with E-state index in [1.165, 1.54) is 0 Å². The normalized spacial score (nSPS) is 22.9. The van der Waals surface area contributed by atoms with Crippen LogP contribution in [0.5, 0.6) is 0 Å². The molecule has 2 aliphatic heterocycles. The molecule has 0 aliphatic carbocycles. The lowest BCUT2D eigenvalue weighted by Crippen LogP contribution is -2.43. The predicted octanol–water partition coefficient (Wildman–Crippen LogP) is 4.16. The highest BCUT2D eigenvalue weighted by Gasteiger charge is 2.34. The topological polar surface area (TPSA) is 106 Å². The van der Waals surface area contributed by atoms with Crippen LogP contribution in [0.15, 0.2) is 77.6 Å². The summed E-state index contributed by atoms with van der Waals surface area (Å²) in [5, 5.41) is 9.46. The molecule has 0 bridgehead atoms. The molecule has 1 aromatic heterocycles. The smallest absolute Gasteiger partial charge is 0.326 e. The fraction of sp³-hybridized carbons (Fsp3) is 0.387. The van der Waals surface area contributed by atoms with Crippen molar-refractivity contribution in [2.24, 2.45) is 5.73 Å². The van der Waals surface area contributed by atoms with Crippen LogP contribution in [0.1, 0.15) is 60.0 Å². The van der Waals surface area contributed by atoms with Gasteiger partial charge in [-0.25, -0.2) is 4.79 Å². The Hall–Kier alpha value is -3.27. The zero-order valence-corrected chi connectivity index (χ0v) is 22.0. The molecule has 0 radical (unpaired) electrons. The highest BCUT2D eigenvalue weighted by atomic mass is 16.7. The van der Waals surface area contributed by atoms with Crippen LogP contribution in [0.25, 0.3) is 11.0 Å². The number of nitrogens with zero attached hydrogens (tertiary/aromatic N) is 2. The van der Waals surface area contributed by atoms with Crippen molar-refractivity contribution in [2.75, 3.05) is 19.6 Å². The molecule has 2 saturated heterocycles. The number of para-hydroxylation sites is 2. The van der Waals surface area contributed by atoms with E-state index in [0.29, 0.717) is 6.54 Å². The van der Waals surface area contributed by atoms with Gasteiger partial charge in [-0.15, -0.1) is 0 Å². The van der Waals surface area contributed by atoms with Crippen LogP contribution < -0.4 is 11.4 Å². The van der Waals surface area contributed by atoms with Crippen molar-refractivity contribution in [3.05, 3.63) is 106 Å². The molecular formula is C31H36N4O4. The third kappa shape index (κ3) is 5.57. The highest BCUT2D eigenvalue weighted by Crippen LogP contribution is 2.38. The highest BCUT2D eigenvalue weighted by molar-refractivity contribution is 5.75. The Morgan fingerprint density at radius 2 is 1.59 bits per heavy atom. The first-order chi connectivity index (χ1) is 19.1. The lowest BCUT2D eigenvalue weighted by molar-refractivity contribution is -0.253. The molecule has 0 amide bonds. The Labute approximate surface area is 228 Å². The average Bonchev–Trinajstić information content (AvgIpc) is 3.33. The first kappa shape index (κ1) is 26.0. The Kier molecular flexibility index (Phi) is 7.63. The van der Waals surface area contributed by atoms with Crippen molar-refractivity contribution in [1.29, 1.82) is 0 Å². The lowest BCUT2D eigenvalue weighted by atomic mass is 9.98. The van der Waals surface area contributed by atoms with E-state index in [1.54, 1.807) is 0 Å². The van der Waals surface area contributed by atoms with E-state index in [2.05, 4.69) is 9.88 Å². The van der Waals surface area contributed by atoms with Gasteiger partial charge in [-0.1, -0.05) is 60.7 Å². The van der Waals surface area contributed by atoms with Crippen molar-refractivity contribution in [2.45, 2.75) is 57.0 Å².